The Balaban J connectivity index is 0.00000220. The quantitative estimate of drug-likeness (QED) is 0.842. The van der Waals surface area contributed by atoms with Crippen LogP contribution in [0.5, 0.6) is 5.75 Å². The summed E-state index contributed by atoms with van der Waals surface area (Å²) < 4.78 is 5.42. The molecular weight excluding hydrogens is 308 g/mol. The van der Waals surface area contributed by atoms with Crippen molar-refractivity contribution in [1.82, 2.24) is 4.90 Å². The first-order chi connectivity index (χ1) is 9.69. The predicted molar refractivity (Wildman–Crippen MR) is 91.1 cm³/mol. The van der Waals surface area contributed by atoms with Gasteiger partial charge in [0.25, 0.3) is 0 Å². The summed E-state index contributed by atoms with van der Waals surface area (Å²) in [5.74, 6) is 2.82. The maximum absolute atomic E-state index is 10.8. The molecule has 0 bridgehead atoms. The molecule has 0 aromatic heterocycles. The minimum Gasteiger partial charge on any atom is -0.496 e. The number of hydrogen-bond acceptors (Lipinski definition) is 4. The van der Waals surface area contributed by atoms with Crippen LogP contribution in [0, 0.1) is 0 Å². The van der Waals surface area contributed by atoms with E-state index in [0.717, 1.165) is 36.5 Å². The number of methoxy groups -OCH3 is 1. The number of nitrogens with zero attached hydrogens (tertiary/aromatic N) is 1. The Bertz CT molecular complexity index is 502. The summed E-state index contributed by atoms with van der Waals surface area (Å²) in [5, 5.41) is 0. The molecule has 0 saturated carbocycles. The maximum Gasteiger partial charge on any atom is 0.241 e. The Labute approximate surface area is 136 Å². The summed E-state index contributed by atoms with van der Waals surface area (Å²) in [6.45, 7) is 3.09. The summed E-state index contributed by atoms with van der Waals surface area (Å²) in [6, 6.07) is 5.92. The molecular formula is C15H21ClN2O2S. The van der Waals surface area contributed by atoms with Gasteiger partial charge in [0.1, 0.15) is 5.75 Å². The number of amides is 1. The molecule has 21 heavy (non-hydrogen) atoms. The standard InChI is InChI=1S/C15H20N2O2S.ClH/c1-19-14-4-2-12(3-5-15(16)18)10-13(14)11-17-6-8-20-9-7-17;/h2-5,10H,6-9,11H2,1H3,(H2,16,18);1H/b5-3-;. The van der Waals surface area contributed by atoms with Crippen LogP contribution in [0.4, 0.5) is 0 Å². The van der Waals surface area contributed by atoms with Crippen LogP contribution in [0.25, 0.3) is 6.08 Å². The lowest BCUT2D eigenvalue weighted by Crippen LogP contribution is -2.32. The van der Waals surface area contributed by atoms with Crippen LogP contribution in [-0.4, -0.2) is 42.5 Å². The highest BCUT2D eigenvalue weighted by Crippen LogP contribution is 2.23. The lowest BCUT2D eigenvalue weighted by Gasteiger charge is -2.26. The first-order valence-corrected chi connectivity index (χ1v) is 7.79. The van der Waals surface area contributed by atoms with Crippen LogP contribution in [0.2, 0.25) is 0 Å². The van der Waals surface area contributed by atoms with Crippen molar-refractivity contribution in [3.05, 3.63) is 35.4 Å². The van der Waals surface area contributed by atoms with Crippen molar-refractivity contribution in [3.63, 3.8) is 0 Å². The number of nitrogens with two attached hydrogens (primary N) is 1. The smallest absolute Gasteiger partial charge is 0.241 e. The first-order valence-electron chi connectivity index (χ1n) is 6.63. The highest BCUT2D eigenvalue weighted by atomic mass is 35.5. The van der Waals surface area contributed by atoms with Crippen LogP contribution < -0.4 is 10.5 Å². The second kappa shape index (κ2) is 8.97. The van der Waals surface area contributed by atoms with Gasteiger partial charge in [-0.15, -0.1) is 12.4 Å². The van der Waals surface area contributed by atoms with Crippen LogP contribution in [0.15, 0.2) is 24.3 Å². The van der Waals surface area contributed by atoms with Crippen molar-refractivity contribution < 1.29 is 9.53 Å². The second-order valence-electron chi connectivity index (χ2n) is 4.70. The van der Waals surface area contributed by atoms with Gasteiger partial charge in [-0.2, -0.15) is 11.8 Å². The Morgan fingerprint density at radius 2 is 2.14 bits per heavy atom. The number of carbonyl (C=O) groups is 1. The number of hydrogen-bond donors (Lipinski definition) is 1. The molecule has 0 spiro atoms. The van der Waals surface area contributed by atoms with E-state index in [4.69, 9.17) is 10.5 Å². The number of ether oxygens (including phenoxy) is 1. The largest absolute Gasteiger partial charge is 0.496 e. The number of halogens is 1. The molecule has 1 aromatic carbocycles. The zero-order chi connectivity index (χ0) is 14.4. The van der Waals surface area contributed by atoms with Crippen LogP contribution in [0.3, 0.4) is 0 Å². The number of benzene rings is 1. The molecule has 0 unspecified atom stereocenters. The van der Waals surface area contributed by atoms with E-state index < -0.39 is 5.91 Å². The monoisotopic (exact) mass is 328 g/mol. The highest BCUT2D eigenvalue weighted by Gasteiger charge is 2.13. The number of thioether (sulfide) groups is 1. The Morgan fingerprint density at radius 3 is 2.76 bits per heavy atom. The molecule has 1 aromatic rings. The van der Waals surface area contributed by atoms with Crippen molar-refractivity contribution in [3.8, 4) is 5.75 Å². The topological polar surface area (TPSA) is 55.6 Å². The van der Waals surface area contributed by atoms with Gasteiger partial charge >= 0.3 is 0 Å². The molecule has 1 fully saturated rings. The fourth-order valence-corrected chi connectivity index (χ4v) is 3.18. The summed E-state index contributed by atoms with van der Waals surface area (Å²) in [4.78, 5) is 13.2. The fraction of sp³-hybridized carbons (Fsp3) is 0.400. The second-order valence-corrected chi connectivity index (χ2v) is 5.92. The Hall–Kier alpha value is -1.17. The molecule has 1 saturated heterocycles. The minimum atomic E-state index is -0.435. The van der Waals surface area contributed by atoms with Gasteiger partial charge in [-0.1, -0.05) is 6.07 Å². The van der Waals surface area contributed by atoms with Crippen molar-refractivity contribution in [2.24, 2.45) is 5.73 Å². The number of carbonyl (C=O) groups excluding carboxylic acids is 1. The zero-order valence-electron chi connectivity index (χ0n) is 12.1. The fourth-order valence-electron chi connectivity index (χ4n) is 2.20. The summed E-state index contributed by atoms with van der Waals surface area (Å²) in [7, 11) is 1.68. The van der Waals surface area contributed by atoms with E-state index in [-0.39, 0.29) is 12.4 Å². The lowest BCUT2D eigenvalue weighted by molar-refractivity contribution is -0.113. The minimum absolute atomic E-state index is 0. The average molecular weight is 329 g/mol. The molecule has 1 aliphatic rings. The normalized spacial score (nSPS) is 15.7. The average Bonchev–Trinajstić information content (AvgIpc) is 2.46. The van der Waals surface area contributed by atoms with Gasteiger partial charge in [0.05, 0.1) is 7.11 Å². The number of primary amides is 1. The molecule has 1 amide bonds. The third kappa shape index (κ3) is 5.61. The van der Waals surface area contributed by atoms with Crippen molar-refractivity contribution >= 4 is 36.2 Å². The van der Waals surface area contributed by atoms with E-state index in [0.29, 0.717) is 0 Å². The number of rotatable bonds is 5. The Morgan fingerprint density at radius 1 is 1.43 bits per heavy atom. The molecule has 0 radical (unpaired) electrons. The van der Waals surface area contributed by atoms with Gasteiger partial charge in [-0.3, -0.25) is 9.69 Å². The summed E-state index contributed by atoms with van der Waals surface area (Å²) >= 11 is 2.00. The van der Waals surface area contributed by atoms with E-state index in [9.17, 15) is 4.79 Å². The van der Waals surface area contributed by atoms with Crippen LogP contribution in [0.1, 0.15) is 11.1 Å². The molecule has 1 aliphatic heterocycles. The van der Waals surface area contributed by atoms with Gasteiger partial charge < -0.3 is 10.5 Å². The first kappa shape index (κ1) is 17.9. The predicted octanol–water partition coefficient (Wildman–Crippen LogP) is 2.16. The molecule has 6 heteroatoms. The molecule has 2 N–H and O–H groups in total. The SMILES string of the molecule is COc1ccc(/C=C\C(N)=O)cc1CN1CCSCC1.Cl. The van der Waals surface area contributed by atoms with Crippen LogP contribution >= 0.6 is 24.2 Å². The molecule has 0 atom stereocenters. The zero-order valence-corrected chi connectivity index (χ0v) is 13.7. The van der Waals surface area contributed by atoms with Gasteiger partial charge in [0, 0.05) is 42.8 Å². The van der Waals surface area contributed by atoms with Gasteiger partial charge in [0.15, 0.2) is 0 Å². The van der Waals surface area contributed by atoms with Crippen molar-refractivity contribution in [2.45, 2.75) is 6.54 Å². The van der Waals surface area contributed by atoms with Gasteiger partial charge in [0.2, 0.25) is 5.91 Å². The summed E-state index contributed by atoms with van der Waals surface area (Å²) in [5.41, 5.74) is 7.23. The van der Waals surface area contributed by atoms with Crippen molar-refractivity contribution in [1.29, 1.82) is 0 Å². The van der Waals surface area contributed by atoms with Crippen molar-refractivity contribution in [2.75, 3.05) is 31.7 Å². The third-order valence-electron chi connectivity index (χ3n) is 3.24. The lowest BCUT2D eigenvalue weighted by atomic mass is 10.1. The third-order valence-corrected chi connectivity index (χ3v) is 4.18. The molecule has 2 rings (SSSR count). The van der Waals surface area contributed by atoms with Gasteiger partial charge in [-0.05, 0) is 23.8 Å². The van der Waals surface area contributed by atoms with E-state index in [2.05, 4.69) is 11.0 Å². The highest BCUT2D eigenvalue weighted by molar-refractivity contribution is 7.99. The van der Waals surface area contributed by atoms with E-state index in [1.54, 1.807) is 13.2 Å². The van der Waals surface area contributed by atoms with Gasteiger partial charge in [-0.25, -0.2) is 0 Å². The van der Waals surface area contributed by atoms with E-state index >= 15 is 0 Å². The Kier molecular flexibility index (Phi) is 7.64. The molecule has 1 heterocycles. The van der Waals surface area contributed by atoms with E-state index in [1.807, 2.05) is 23.9 Å². The summed E-state index contributed by atoms with van der Waals surface area (Å²) in [6.07, 6.45) is 3.11. The molecule has 116 valence electrons. The van der Waals surface area contributed by atoms with Crippen LogP contribution in [-0.2, 0) is 11.3 Å². The molecule has 0 aliphatic carbocycles. The van der Waals surface area contributed by atoms with E-state index in [1.165, 1.54) is 17.6 Å². The molecule has 4 nitrogen and oxygen atoms in total. The maximum atomic E-state index is 10.8.